The number of hydrogen-bond donors (Lipinski definition) is 1. The fourth-order valence-electron chi connectivity index (χ4n) is 5.54. The standard InChI is InChI=1S/C32H33FN6O3/c1-36(31-34-18-15-29(40)39(31)22-42-30(41)24-7-3-2-4-8-24)26-16-19-37(20-17-26)32-35-27-9-5-6-10-28(27)38(32)21-23-11-13-25(33)14-12-23/h2-15,18,26,30,41H,16-17,19-22H2,1H3. The van der Waals surface area contributed by atoms with Gasteiger partial charge in [-0.25, -0.2) is 14.4 Å². The van der Waals surface area contributed by atoms with Gasteiger partial charge in [0.15, 0.2) is 6.29 Å². The first-order chi connectivity index (χ1) is 20.5. The summed E-state index contributed by atoms with van der Waals surface area (Å²) in [5.41, 5.74) is 3.32. The van der Waals surface area contributed by atoms with Crippen molar-refractivity contribution in [3.8, 4) is 0 Å². The van der Waals surface area contributed by atoms with E-state index in [4.69, 9.17) is 9.72 Å². The molecule has 0 radical (unpaired) electrons. The van der Waals surface area contributed by atoms with Gasteiger partial charge in [-0.15, -0.1) is 0 Å². The van der Waals surface area contributed by atoms with Gasteiger partial charge in [0, 0.05) is 44.0 Å². The summed E-state index contributed by atoms with van der Waals surface area (Å²) in [7, 11) is 1.94. The van der Waals surface area contributed by atoms with Gasteiger partial charge in [0.25, 0.3) is 5.56 Å². The summed E-state index contributed by atoms with van der Waals surface area (Å²) in [5.74, 6) is 1.13. The van der Waals surface area contributed by atoms with Crippen LogP contribution in [0.1, 0.15) is 30.3 Å². The molecular formula is C32H33FN6O3. The highest BCUT2D eigenvalue weighted by atomic mass is 19.1. The molecule has 0 amide bonds. The lowest BCUT2D eigenvalue weighted by atomic mass is 10.0. The Labute approximate surface area is 243 Å². The summed E-state index contributed by atoms with van der Waals surface area (Å²) in [4.78, 5) is 26.6. The SMILES string of the molecule is CN(c1nccc(=O)n1COC(O)c1ccccc1)C1CCN(c2nc3ccccc3n2Cc2ccc(F)cc2)CC1. The number of fused-ring (bicyclic) bond motifs is 1. The van der Waals surface area contributed by atoms with Gasteiger partial charge < -0.3 is 24.2 Å². The molecule has 6 rings (SSSR count). The molecule has 5 aromatic rings. The third kappa shape index (κ3) is 5.77. The first-order valence-corrected chi connectivity index (χ1v) is 14.1. The quantitative estimate of drug-likeness (QED) is 0.261. The summed E-state index contributed by atoms with van der Waals surface area (Å²) in [6, 6.07) is 25.2. The van der Waals surface area contributed by atoms with E-state index in [1.165, 1.54) is 29.0 Å². The zero-order valence-corrected chi connectivity index (χ0v) is 23.4. The second-order valence-corrected chi connectivity index (χ2v) is 10.5. The van der Waals surface area contributed by atoms with Crippen LogP contribution in [0, 0.1) is 5.82 Å². The average molecular weight is 569 g/mol. The molecule has 42 heavy (non-hydrogen) atoms. The number of imidazole rings is 1. The Hall–Kier alpha value is -4.54. The van der Waals surface area contributed by atoms with E-state index in [0.717, 1.165) is 48.5 Å². The number of aliphatic hydroxyl groups is 1. The topological polar surface area (TPSA) is 88.7 Å². The highest BCUT2D eigenvalue weighted by Crippen LogP contribution is 2.28. The van der Waals surface area contributed by atoms with Crippen molar-refractivity contribution in [2.75, 3.05) is 29.9 Å². The maximum Gasteiger partial charge on any atom is 0.256 e. The molecular weight excluding hydrogens is 535 g/mol. The minimum Gasteiger partial charge on any atom is -0.364 e. The Morgan fingerprint density at radius 3 is 2.45 bits per heavy atom. The van der Waals surface area contributed by atoms with Crippen LogP contribution < -0.4 is 15.4 Å². The van der Waals surface area contributed by atoms with Crippen LogP contribution in [0.5, 0.6) is 0 Å². The lowest BCUT2D eigenvalue weighted by Crippen LogP contribution is -2.46. The molecule has 0 spiro atoms. The van der Waals surface area contributed by atoms with Crippen molar-refractivity contribution in [1.82, 2.24) is 19.1 Å². The molecule has 3 aromatic carbocycles. The number of halogens is 1. The molecule has 0 bridgehead atoms. The smallest absolute Gasteiger partial charge is 0.256 e. The van der Waals surface area contributed by atoms with E-state index in [1.807, 2.05) is 60.5 Å². The molecule has 2 aromatic heterocycles. The number of anilines is 2. The number of aromatic nitrogens is 4. The maximum atomic E-state index is 13.5. The zero-order valence-electron chi connectivity index (χ0n) is 23.4. The first kappa shape index (κ1) is 27.6. The van der Waals surface area contributed by atoms with E-state index in [2.05, 4.69) is 20.5 Å². The molecule has 1 atom stereocenters. The van der Waals surface area contributed by atoms with Crippen LogP contribution in [0.15, 0.2) is 95.9 Å². The average Bonchev–Trinajstić information content (AvgIpc) is 3.39. The van der Waals surface area contributed by atoms with Gasteiger partial charge in [0.2, 0.25) is 11.9 Å². The van der Waals surface area contributed by atoms with Crippen LogP contribution >= 0.6 is 0 Å². The van der Waals surface area contributed by atoms with Crippen molar-refractivity contribution in [3.05, 3.63) is 118 Å². The second-order valence-electron chi connectivity index (χ2n) is 10.5. The Morgan fingerprint density at radius 2 is 1.69 bits per heavy atom. The molecule has 216 valence electrons. The van der Waals surface area contributed by atoms with E-state index < -0.39 is 6.29 Å². The van der Waals surface area contributed by atoms with E-state index in [-0.39, 0.29) is 24.1 Å². The molecule has 10 heteroatoms. The number of piperidine rings is 1. The Kier molecular flexibility index (Phi) is 7.98. The van der Waals surface area contributed by atoms with Gasteiger partial charge in [-0.2, -0.15) is 0 Å². The summed E-state index contributed by atoms with van der Waals surface area (Å²) in [6.45, 7) is 1.99. The summed E-state index contributed by atoms with van der Waals surface area (Å²) in [6.07, 6.45) is 2.00. The monoisotopic (exact) mass is 568 g/mol. The third-order valence-corrected chi connectivity index (χ3v) is 7.86. The largest absolute Gasteiger partial charge is 0.364 e. The molecule has 1 fully saturated rings. The Morgan fingerprint density at radius 1 is 0.976 bits per heavy atom. The number of para-hydroxylation sites is 2. The van der Waals surface area contributed by atoms with Crippen molar-refractivity contribution in [2.24, 2.45) is 0 Å². The summed E-state index contributed by atoms with van der Waals surface area (Å²) < 4.78 is 22.8. The fraction of sp³-hybridized carbons (Fsp3) is 0.281. The van der Waals surface area contributed by atoms with Crippen LogP contribution in [0.25, 0.3) is 11.0 Å². The minimum absolute atomic E-state index is 0.130. The number of aliphatic hydroxyl groups excluding tert-OH is 1. The molecule has 1 aliphatic rings. The van der Waals surface area contributed by atoms with Crippen LogP contribution in [-0.2, 0) is 18.0 Å². The van der Waals surface area contributed by atoms with Gasteiger partial charge >= 0.3 is 0 Å². The predicted octanol–water partition coefficient (Wildman–Crippen LogP) is 4.55. The van der Waals surface area contributed by atoms with Gasteiger partial charge in [0.1, 0.15) is 12.5 Å². The number of benzene rings is 3. The summed E-state index contributed by atoms with van der Waals surface area (Å²) >= 11 is 0. The van der Waals surface area contributed by atoms with Crippen LogP contribution in [0.2, 0.25) is 0 Å². The lowest BCUT2D eigenvalue weighted by Gasteiger charge is -2.38. The van der Waals surface area contributed by atoms with Crippen molar-refractivity contribution >= 4 is 22.9 Å². The summed E-state index contributed by atoms with van der Waals surface area (Å²) in [5, 5.41) is 10.5. The van der Waals surface area contributed by atoms with Crippen molar-refractivity contribution in [2.45, 2.75) is 38.4 Å². The molecule has 3 heterocycles. The molecule has 1 unspecified atom stereocenters. The van der Waals surface area contributed by atoms with Crippen LogP contribution in [0.3, 0.4) is 0 Å². The highest BCUT2D eigenvalue weighted by molar-refractivity contribution is 5.79. The van der Waals surface area contributed by atoms with Gasteiger partial charge in [-0.3, -0.25) is 9.36 Å². The van der Waals surface area contributed by atoms with E-state index in [0.29, 0.717) is 18.1 Å². The maximum absolute atomic E-state index is 13.5. The molecule has 0 aliphatic carbocycles. The lowest BCUT2D eigenvalue weighted by molar-refractivity contribution is -0.130. The zero-order chi connectivity index (χ0) is 29.1. The fourth-order valence-corrected chi connectivity index (χ4v) is 5.54. The predicted molar refractivity (Wildman–Crippen MR) is 160 cm³/mol. The van der Waals surface area contributed by atoms with Gasteiger partial charge in [-0.05, 0) is 42.7 Å². The second kappa shape index (κ2) is 12.1. The Bertz CT molecular complexity index is 1700. The van der Waals surface area contributed by atoms with Crippen molar-refractivity contribution < 1.29 is 14.2 Å². The van der Waals surface area contributed by atoms with E-state index >= 15 is 0 Å². The van der Waals surface area contributed by atoms with E-state index in [9.17, 15) is 14.3 Å². The van der Waals surface area contributed by atoms with E-state index in [1.54, 1.807) is 12.1 Å². The van der Waals surface area contributed by atoms with Gasteiger partial charge in [-0.1, -0.05) is 54.6 Å². The highest BCUT2D eigenvalue weighted by Gasteiger charge is 2.28. The van der Waals surface area contributed by atoms with Crippen molar-refractivity contribution in [1.29, 1.82) is 0 Å². The molecule has 9 nitrogen and oxygen atoms in total. The number of nitrogens with zero attached hydrogens (tertiary/aromatic N) is 6. The number of hydrogen-bond acceptors (Lipinski definition) is 7. The number of ether oxygens (including phenoxy) is 1. The Balaban J connectivity index is 1.17. The number of rotatable bonds is 9. The normalized spacial score (nSPS) is 14.8. The van der Waals surface area contributed by atoms with Crippen molar-refractivity contribution in [3.63, 3.8) is 0 Å². The van der Waals surface area contributed by atoms with Crippen LogP contribution in [0.4, 0.5) is 16.3 Å². The van der Waals surface area contributed by atoms with Crippen LogP contribution in [-0.4, -0.2) is 50.4 Å². The molecule has 1 N–H and O–H groups in total. The molecule has 1 saturated heterocycles. The molecule has 1 aliphatic heterocycles. The molecule has 0 saturated carbocycles. The van der Waals surface area contributed by atoms with Gasteiger partial charge in [0.05, 0.1) is 17.6 Å². The first-order valence-electron chi connectivity index (χ1n) is 14.1. The minimum atomic E-state index is -1.16. The third-order valence-electron chi connectivity index (χ3n) is 7.86.